The number of nitrogens with zero attached hydrogens (tertiary/aromatic N) is 2. The number of fused-ring (bicyclic) bond motifs is 1. The van der Waals surface area contributed by atoms with Crippen molar-refractivity contribution in [2.24, 2.45) is 5.92 Å². The van der Waals surface area contributed by atoms with E-state index in [4.69, 9.17) is 37.4 Å². The topological polar surface area (TPSA) is 90.0 Å². The molecule has 0 bridgehead atoms. The highest BCUT2D eigenvalue weighted by Gasteiger charge is 2.23. The second-order valence-corrected chi connectivity index (χ2v) is 12.9. The molecule has 1 saturated heterocycles. The summed E-state index contributed by atoms with van der Waals surface area (Å²) in [7, 11) is -2.63. The van der Waals surface area contributed by atoms with Crippen LogP contribution in [-0.2, 0) is 10.0 Å². The zero-order valence-electron chi connectivity index (χ0n) is 23.8. The second-order valence-electron chi connectivity index (χ2n) is 10.5. The number of ether oxygens (including phenoxy) is 3. The maximum Gasteiger partial charge on any atom is 0.264 e. The van der Waals surface area contributed by atoms with Gasteiger partial charge in [0.05, 0.1) is 35.0 Å². The summed E-state index contributed by atoms with van der Waals surface area (Å²) in [5.41, 5.74) is 0.554. The Balaban J connectivity index is 1.29. The number of likely N-dealkylation sites (tertiary alicyclic amines) is 1. The number of anilines is 1. The molecule has 1 aliphatic heterocycles. The fourth-order valence-electron chi connectivity index (χ4n) is 5.16. The Bertz CT molecular complexity index is 1700. The van der Waals surface area contributed by atoms with Gasteiger partial charge in [-0.15, -0.1) is 0 Å². The van der Waals surface area contributed by atoms with Gasteiger partial charge in [0.1, 0.15) is 10.6 Å². The van der Waals surface area contributed by atoms with E-state index in [1.54, 1.807) is 31.5 Å². The van der Waals surface area contributed by atoms with E-state index in [0.29, 0.717) is 34.8 Å². The van der Waals surface area contributed by atoms with Gasteiger partial charge in [-0.05, 0) is 68.1 Å². The molecule has 2 heterocycles. The number of hydrogen-bond donors (Lipinski definition) is 1. The van der Waals surface area contributed by atoms with Crippen molar-refractivity contribution in [1.82, 2.24) is 9.88 Å². The van der Waals surface area contributed by atoms with Crippen molar-refractivity contribution in [2.45, 2.75) is 31.1 Å². The molecule has 1 aromatic heterocycles. The highest BCUT2D eigenvalue weighted by molar-refractivity contribution is 7.93. The maximum atomic E-state index is 15.1. The first-order chi connectivity index (χ1) is 20.6. The lowest BCUT2D eigenvalue weighted by atomic mass is 10.0. The Morgan fingerprint density at radius 2 is 1.84 bits per heavy atom. The quantitative estimate of drug-likeness (QED) is 0.166. The monoisotopic (exact) mass is 647 g/mol. The Morgan fingerprint density at radius 1 is 1.05 bits per heavy atom. The lowest BCUT2D eigenvalue weighted by molar-refractivity contribution is 0.169. The van der Waals surface area contributed by atoms with Gasteiger partial charge in [-0.1, -0.05) is 36.2 Å². The third kappa shape index (κ3) is 7.44. The SMILES string of the molecule is COc1cc2c(Oc3ccc(NS(=O)(=O)c4c(Cl)cccc4Cl)cc3F)ccnc2cc1OCCCN1CCCC(C)C1. The highest BCUT2D eigenvalue weighted by atomic mass is 35.5. The molecular weight excluding hydrogens is 616 g/mol. The van der Waals surface area contributed by atoms with E-state index < -0.39 is 15.8 Å². The lowest BCUT2D eigenvalue weighted by Gasteiger charge is -2.30. The molecule has 5 rings (SSSR count). The average Bonchev–Trinajstić information content (AvgIpc) is 2.96. The molecule has 0 spiro atoms. The fraction of sp³-hybridized carbons (Fsp3) is 0.323. The van der Waals surface area contributed by atoms with E-state index >= 15 is 4.39 Å². The molecular formula is C31H32Cl2FN3O5S. The second kappa shape index (κ2) is 13.5. The number of rotatable bonds is 11. The fourth-order valence-corrected chi connectivity index (χ4v) is 7.36. The summed E-state index contributed by atoms with van der Waals surface area (Å²) in [6.07, 6.45) is 4.97. The third-order valence-corrected chi connectivity index (χ3v) is 9.53. The number of aromatic nitrogens is 1. The van der Waals surface area contributed by atoms with Crippen molar-refractivity contribution in [2.75, 3.05) is 38.1 Å². The number of methoxy groups -OCH3 is 1. The smallest absolute Gasteiger partial charge is 0.264 e. The first kappa shape index (κ1) is 31.1. The van der Waals surface area contributed by atoms with Gasteiger partial charge >= 0.3 is 0 Å². The minimum Gasteiger partial charge on any atom is -0.493 e. The molecule has 1 N–H and O–H groups in total. The summed E-state index contributed by atoms with van der Waals surface area (Å²) < 4.78 is 60.7. The number of benzene rings is 3. The van der Waals surface area contributed by atoms with Crippen LogP contribution in [0.2, 0.25) is 10.0 Å². The van der Waals surface area contributed by atoms with E-state index in [9.17, 15) is 8.42 Å². The zero-order chi connectivity index (χ0) is 30.6. The van der Waals surface area contributed by atoms with E-state index in [-0.39, 0.29) is 26.4 Å². The van der Waals surface area contributed by atoms with Crippen LogP contribution in [0, 0.1) is 11.7 Å². The average molecular weight is 649 g/mol. The van der Waals surface area contributed by atoms with E-state index in [2.05, 4.69) is 21.5 Å². The number of pyridine rings is 1. The summed E-state index contributed by atoms with van der Waals surface area (Å²) >= 11 is 12.1. The van der Waals surface area contributed by atoms with E-state index in [1.807, 2.05) is 0 Å². The Kier molecular flexibility index (Phi) is 9.81. The molecule has 8 nitrogen and oxygen atoms in total. The number of piperidine rings is 1. The molecule has 1 fully saturated rings. The van der Waals surface area contributed by atoms with E-state index in [0.717, 1.165) is 38.0 Å². The molecule has 1 atom stereocenters. The predicted molar refractivity (Wildman–Crippen MR) is 167 cm³/mol. The van der Waals surface area contributed by atoms with E-state index in [1.165, 1.54) is 43.2 Å². The molecule has 228 valence electrons. The molecule has 1 unspecified atom stereocenters. The molecule has 0 saturated carbocycles. The maximum absolute atomic E-state index is 15.1. The van der Waals surface area contributed by atoms with Gasteiger partial charge in [-0.2, -0.15) is 0 Å². The van der Waals surface area contributed by atoms with Gasteiger partial charge in [0.2, 0.25) is 0 Å². The first-order valence-electron chi connectivity index (χ1n) is 13.9. The summed E-state index contributed by atoms with van der Waals surface area (Å²) in [5.74, 6) is 1.23. The van der Waals surface area contributed by atoms with Crippen molar-refractivity contribution in [1.29, 1.82) is 0 Å². The number of sulfonamides is 1. The number of hydrogen-bond acceptors (Lipinski definition) is 7. The molecule has 12 heteroatoms. The van der Waals surface area contributed by atoms with Crippen LogP contribution in [-0.4, -0.2) is 51.7 Å². The number of nitrogens with one attached hydrogen (secondary N) is 1. The molecule has 0 radical (unpaired) electrons. The van der Waals surface area contributed by atoms with Crippen LogP contribution in [0.3, 0.4) is 0 Å². The van der Waals surface area contributed by atoms with Crippen molar-refractivity contribution >= 4 is 49.8 Å². The molecule has 3 aromatic carbocycles. The van der Waals surface area contributed by atoms with Gasteiger partial charge in [0, 0.05) is 36.8 Å². The minimum atomic E-state index is -4.18. The normalized spacial score (nSPS) is 15.8. The Morgan fingerprint density at radius 3 is 2.56 bits per heavy atom. The van der Waals surface area contributed by atoms with Crippen LogP contribution in [0.5, 0.6) is 23.0 Å². The van der Waals surface area contributed by atoms with Gasteiger partial charge in [-0.3, -0.25) is 9.71 Å². The third-order valence-electron chi connectivity index (χ3n) is 7.20. The summed E-state index contributed by atoms with van der Waals surface area (Å²) in [6, 6.07) is 13.2. The van der Waals surface area contributed by atoms with Crippen molar-refractivity contribution < 1.29 is 27.0 Å². The molecule has 0 aliphatic carbocycles. The van der Waals surface area contributed by atoms with Crippen LogP contribution in [0.4, 0.5) is 10.1 Å². The van der Waals surface area contributed by atoms with Gasteiger partial charge in [0.25, 0.3) is 10.0 Å². The van der Waals surface area contributed by atoms with Crippen LogP contribution in [0.1, 0.15) is 26.2 Å². The van der Waals surface area contributed by atoms with Crippen molar-refractivity contribution in [3.63, 3.8) is 0 Å². The van der Waals surface area contributed by atoms with Crippen molar-refractivity contribution in [3.8, 4) is 23.0 Å². The summed E-state index contributed by atoms with van der Waals surface area (Å²) in [5, 5.41) is 0.480. The van der Waals surface area contributed by atoms with Gasteiger partial charge in [0.15, 0.2) is 23.1 Å². The minimum absolute atomic E-state index is 0.0290. The Hall–Kier alpha value is -3.31. The molecule has 0 amide bonds. The summed E-state index contributed by atoms with van der Waals surface area (Å²) in [6.45, 7) is 6.07. The lowest BCUT2D eigenvalue weighted by Crippen LogP contribution is -2.35. The standard InChI is InChI=1S/C31H32Cl2FN3O5S/c1-20-6-4-13-37(19-20)14-5-15-41-30-18-26-22(17-29(30)40-2)27(11-12-35-26)42-28-10-9-21(16-25(28)34)36-43(38,39)31-23(32)7-3-8-24(31)33/h3,7-12,16-18,20,36H,4-6,13-15,19H2,1-2H3. The Labute approximate surface area is 260 Å². The van der Waals surface area contributed by atoms with Gasteiger partial charge < -0.3 is 19.1 Å². The number of halogens is 3. The van der Waals surface area contributed by atoms with Crippen LogP contribution < -0.4 is 18.9 Å². The first-order valence-corrected chi connectivity index (χ1v) is 16.1. The van der Waals surface area contributed by atoms with Crippen LogP contribution in [0.15, 0.2) is 65.7 Å². The molecule has 1 aliphatic rings. The van der Waals surface area contributed by atoms with Crippen LogP contribution in [0.25, 0.3) is 10.9 Å². The predicted octanol–water partition coefficient (Wildman–Crippen LogP) is 7.78. The molecule has 4 aromatic rings. The largest absolute Gasteiger partial charge is 0.493 e. The summed E-state index contributed by atoms with van der Waals surface area (Å²) in [4.78, 5) is 6.62. The van der Waals surface area contributed by atoms with Crippen LogP contribution >= 0.6 is 23.2 Å². The van der Waals surface area contributed by atoms with Crippen molar-refractivity contribution in [3.05, 3.63) is 76.7 Å². The van der Waals surface area contributed by atoms with Gasteiger partial charge in [-0.25, -0.2) is 12.8 Å². The highest BCUT2D eigenvalue weighted by Crippen LogP contribution is 2.38. The zero-order valence-corrected chi connectivity index (χ0v) is 26.1. The molecule has 43 heavy (non-hydrogen) atoms.